The number of carbonyl (C=O) groups excluding carboxylic acids is 1. The number of hydrogen-bond acceptors (Lipinski definition) is 6. The van der Waals surface area contributed by atoms with E-state index in [4.69, 9.17) is 24.0 Å². The van der Waals surface area contributed by atoms with Gasteiger partial charge in [-0.1, -0.05) is 36.9 Å². The molecule has 0 N–H and O–H groups in total. The molecule has 2 aliphatic rings. The summed E-state index contributed by atoms with van der Waals surface area (Å²) in [6.45, 7) is 5.02. The number of carbonyl (C=O) groups is 1. The molecule has 1 unspecified atom stereocenters. The van der Waals surface area contributed by atoms with Crippen LogP contribution in [0.25, 0.3) is 5.57 Å². The van der Waals surface area contributed by atoms with Gasteiger partial charge >= 0.3 is 5.97 Å². The molecule has 1 spiro atoms. The average molecular weight is 410 g/mol. The molecule has 6 nitrogen and oxygen atoms in total. The quantitative estimate of drug-likeness (QED) is 0.379. The highest BCUT2D eigenvalue weighted by Crippen LogP contribution is 2.39. The van der Waals surface area contributed by atoms with Crippen molar-refractivity contribution in [1.82, 2.24) is 0 Å². The molecule has 2 aromatic carbocycles. The molecular formula is C24H26O6. The third-order valence-electron chi connectivity index (χ3n) is 5.39. The zero-order chi connectivity index (χ0) is 20.8. The summed E-state index contributed by atoms with van der Waals surface area (Å²) in [5, 5.41) is 0. The Hall–Kier alpha value is -2.67. The summed E-state index contributed by atoms with van der Waals surface area (Å²) >= 11 is 0. The molecule has 1 atom stereocenters. The van der Waals surface area contributed by atoms with Gasteiger partial charge in [0.1, 0.15) is 25.1 Å². The molecular weight excluding hydrogens is 384 g/mol. The molecule has 30 heavy (non-hydrogen) atoms. The molecule has 2 fully saturated rings. The second-order valence-electron chi connectivity index (χ2n) is 7.50. The summed E-state index contributed by atoms with van der Waals surface area (Å²) in [7, 11) is 0. The fourth-order valence-electron chi connectivity index (χ4n) is 3.63. The van der Waals surface area contributed by atoms with Crippen molar-refractivity contribution in [3.05, 3.63) is 72.3 Å². The SMILES string of the molecule is C=C(c1ccc(OCCOC(=O)c2ccccc2)cc1)C1COC2(CCCC2)OO1. The summed E-state index contributed by atoms with van der Waals surface area (Å²) in [6.07, 6.45) is 3.61. The molecule has 158 valence electrons. The third-order valence-corrected chi connectivity index (χ3v) is 5.39. The molecule has 0 aromatic heterocycles. The highest BCUT2D eigenvalue weighted by Gasteiger charge is 2.42. The first-order valence-corrected chi connectivity index (χ1v) is 10.3. The maximum Gasteiger partial charge on any atom is 0.338 e. The number of esters is 1. The van der Waals surface area contributed by atoms with E-state index in [0.29, 0.717) is 17.9 Å². The normalized spacial score (nSPS) is 20.1. The van der Waals surface area contributed by atoms with Gasteiger partial charge in [-0.3, -0.25) is 0 Å². The lowest BCUT2D eigenvalue weighted by Crippen LogP contribution is -2.43. The molecule has 1 heterocycles. The van der Waals surface area contributed by atoms with Gasteiger partial charge < -0.3 is 14.2 Å². The van der Waals surface area contributed by atoms with E-state index in [9.17, 15) is 4.79 Å². The van der Waals surface area contributed by atoms with Crippen LogP contribution in [0, 0.1) is 0 Å². The van der Waals surface area contributed by atoms with E-state index in [1.807, 2.05) is 30.3 Å². The van der Waals surface area contributed by atoms with E-state index in [2.05, 4.69) is 6.58 Å². The Labute approximate surface area is 176 Å². The standard InChI is InChI=1S/C24H26O6/c1-18(22-17-28-24(30-29-22)13-5-6-14-24)19-9-11-21(12-10-19)26-15-16-27-23(25)20-7-3-2-4-8-20/h2-4,7-12,22H,1,5-6,13-17H2. The number of ether oxygens (including phenoxy) is 3. The number of rotatable bonds is 7. The monoisotopic (exact) mass is 410 g/mol. The second-order valence-corrected chi connectivity index (χ2v) is 7.50. The Morgan fingerprint density at radius 2 is 1.73 bits per heavy atom. The van der Waals surface area contributed by atoms with Crippen LogP contribution in [0.15, 0.2) is 61.2 Å². The van der Waals surface area contributed by atoms with Crippen LogP contribution >= 0.6 is 0 Å². The predicted octanol–water partition coefficient (Wildman–Crippen LogP) is 4.55. The van der Waals surface area contributed by atoms with Crippen molar-refractivity contribution in [2.75, 3.05) is 19.8 Å². The van der Waals surface area contributed by atoms with Crippen molar-refractivity contribution in [2.24, 2.45) is 0 Å². The molecule has 1 aliphatic heterocycles. The van der Waals surface area contributed by atoms with E-state index in [1.165, 1.54) is 0 Å². The third kappa shape index (κ3) is 4.90. The second kappa shape index (κ2) is 9.43. The van der Waals surface area contributed by atoms with Crippen molar-refractivity contribution < 1.29 is 28.8 Å². The van der Waals surface area contributed by atoms with Gasteiger partial charge in [0.25, 0.3) is 0 Å². The summed E-state index contributed by atoms with van der Waals surface area (Å²) in [5.74, 6) is -0.232. The molecule has 1 aliphatic carbocycles. The summed E-state index contributed by atoms with van der Waals surface area (Å²) in [6, 6.07) is 16.4. The minimum absolute atomic E-state index is 0.175. The maximum absolute atomic E-state index is 11.9. The van der Waals surface area contributed by atoms with Crippen molar-refractivity contribution in [2.45, 2.75) is 37.6 Å². The van der Waals surface area contributed by atoms with Gasteiger partial charge in [0.2, 0.25) is 5.79 Å². The van der Waals surface area contributed by atoms with Gasteiger partial charge in [0, 0.05) is 12.8 Å². The first-order chi connectivity index (χ1) is 14.7. The molecule has 1 saturated heterocycles. The van der Waals surface area contributed by atoms with Crippen LogP contribution in [0.2, 0.25) is 0 Å². The first-order valence-electron chi connectivity index (χ1n) is 10.3. The lowest BCUT2D eigenvalue weighted by atomic mass is 10.0. The fourth-order valence-corrected chi connectivity index (χ4v) is 3.63. The summed E-state index contributed by atoms with van der Waals surface area (Å²) < 4.78 is 16.8. The fraction of sp³-hybridized carbons (Fsp3) is 0.375. The average Bonchev–Trinajstić information content (AvgIpc) is 3.25. The first kappa shape index (κ1) is 20.6. The molecule has 1 saturated carbocycles. The van der Waals surface area contributed by atoms with Gasteiger partial charge in [-0.05, 0) is 48.2 Å². The Balaban J connectivity index is 1.21. The Bertz CT molecular complexity index is 845. The van der Waals surface area contributed by atoms with E-state index in [0.717, 1.165) is 36.8 Å². The minimum atomic E-state index is -0.557. The zero-order valence-corrected chi connectivity index (χ0v) is 16.9. The summed E-state index contributed by atoms with van der Waals surface area (Å²) in [4.78, 5) is 23.1. The van der Waals surface area contributed by atoms with E-state index in [1.54, 1.807) is 24.3 Å². The maximum atomic E-state index is 11.9. The van der Waals surface area contributed by atoms with E-state index >= 15 is 0 Å². The van der Waals surface area contributed by atoms with Gasteiger partial charge in [0.15, 0.2) is 0 Å². The van der Waals surface area contributed by atoms with Crippen LogP contribution in [0.3, 0.4) is 0 Å². The summed E-state index contributed by atoms with van der Waals surface area (Å²) in [5.41, 5.74) is 2.25. The van der Waals surface area contributed by atoms with Gasteiger partial charge in [-0.15, -0.1) is 0 Å². The van der Waals surface area contributed by atoms with Gasteiger partial charge in [0.05, 0.1) is 12.2 Å². The van der Waals surface area contributed by atoms with Crippen LogP contribution in [0.1, 0.15) is 41.6 Å². The predicted molar refractivity (Wildman–Crippen MR) is 111 cm³/mol. The Morgan fingerprint density at radius 3 is 2.40 bits per heavy atom. The number of hydrogen-bond donors (Lipinski definition) is 0. The zero-order valence-electron chi connectivity index (χ0n) is 16.9. The topological polar surface area (TPSA) is 63.2 Å². The van der Waals surface area contributed by atoms with Crippen molar-refractivity contribution >= 4 is 11.5 Å². The van der Waals surface area contributed by atoms with Crippen LogP contribution < -0.4 is 4.74 Å². The molecule has 0 amide bonds. The Morgan fingerprint density at radius 1 is 1.00 bits per heavy atom. The Kier molecular flexibility index (Phi) is 6.47. The minimum Gasteiger partial charge on any atom is -0.490 e. The van der Waals surface area contributed by atoms with Crippen molar-refractivity contribution in [3.63, 3.8) is 0 Å². The lowest BCUT2D eigenvalue weighted by molar-refractivity contribution is -0.475. The van der Waals surface area contributed by atoms with Gasteiger partial charge in [-0.25, -0.2) is 14.6 Å². The smallest absolute Gasteiger partial charge is 0.338 e. The van der Waals surface area contributed by atoms with Crippen molar-refractivity contribution in [3.8, 4) is 5.75 Å². The van der Waals surface area contributed by atoms with Crippen LogP contribution in [-0.4, -0.2) is 37.7 Å². The van der Waals surface area contributed by atoms with Crippen molar-refractivity contribution in [1.29, 1.82) is 0 Å². The van der Waals surface area contributed by atoms with Gasteiger partial charge in [-0.2, -0.15) is 0 Å². The molecule has 2 aromatic rings. The molecule has 6 heteroatoms. The molecule has 4 rings (SSSR count). The lowest BCUT2D eigenvalue weighted by Gasteiger charge is -2.36. The molecule has 0 radical (unpaired) electrons. The van der Waals surface area contributed by atoms with E-state index < -0.39 is 5.79 Å². The highest BCUT2D eigenvalue weighted by molar-refractivity contribution is 5.89. The largest absolute Gasteiger partial charge is 0.490 e. The van der Waals surface area contributed by atoms with Crippen LogP contribution in [-0.2, 0) is 19.2 Å². The van der Waals surface area contributed by atoms with Crippen LogP contribution in [0.4, 0.5) is 0 Å². The molecule has 0 bridgehead atoms. The van der Waals surface area contributed by atoms with Crippen LogP contribution in [0.5, 0.6) is 5.75 Å². The van der Waals surface area contributed by atoms with E-state index in [-0.39, 0.29) is 25.3 Å². The highest BCUT2D eigenvalue weighted by atomic mass is 17.2. The number of benzene rings is 2.